The average molecular weight is 438 g/mol. The number of benzene rings is 2. The number of likely N-dealkylation sites (N-methyl/N-ethyl adjacent to an activating group) is 1. The third-order valence-electron chi connectivity index (χ3n) is 6.70. The molecule has 166 valence electrons. The normalized spacial score (nSPS) is 19.0. The third-order valence-corrected chi connectivity index (χ3v) is 8.05. The van der Waals surface area contributed by atoms with Crippen LogP contribution in [0.15, 0.2) is 59.5 Å². The number of ether oxygens (including phenoxy) is 1. The van der Waals surface area contributed by atoms with Gasteiger partial charge in [0.15, 0.2) is 0 Å². The zero-order valence-corrected chi connectivity index (χ0v) is 19.7. The van der Waals surface area contributed by atoms with Gasteiger partial charge in [0.25, 0.3) is 0 Å². The van der Waals surface area contributed by atoms with Crippen LogP contribution in [-0.2, 0) is 16.0 Å². The van der Waals surface area contributed by atoms with Gasteiger partial charge >= 0.3 is 0 Å². The van der Waals surface area contributed by atoms with Gasteiger partial charge in [-0.2, -0.15) is 0 Å². The third kappa shape index (κ3) is 6.36. The fraction of sp³-hybridized carbons (Fsp3) is 0.519. The van der Waals surface area contributed by atoms with Crippen molar-refractivity contribution in [3.8, 4) is 0 Å². The van der Waals surface area contributed by atoms with Gasteiger partial charge in [0.05, 0.1) is 5.92 Å². The Morgan fingerprint density at radius 2 is 1.71 bits per heavy atom. The molecule has 1 aliphatic heterocycles. The second-order valence-electron chi connectivity index (χ2n) is 9.22. The molecule has 2 fully saturated rings. The minimum atomic E-state index is -0.0775. The molecule has 0 bridgehead atoms. The number of amides is 1. The second kappa shape index (κ2) is 10.7. The summed E-state index contributed by atoms with van der Waals surface area (Å²) in [4.78, 5) is 17.0. The van der Waals surface area contributed by atoms with Crippen molar-refractivity contribution in [2.24, 2.45) is 5.92 Å². The molecular weight excluding hydrogens is 402 g/mol. The fourth-order valence-electron chi connectivity index (χ4n) is 4.41. The van der Waals surface area contributed by atoms with Crippen LogP contribution in [0, 0.1) is 5.92 Å². The molecule has 2 atom stereocenters. The predicted molar refractivity (Wildman–Crippen MR) is 129 cm³/mol. The van der Waals surface area contributed by atoms with Crippen molar-refractivity contribution in [3.05, 3.63) is 65.7 Å². The number of carbonyl (C=O) groups is 1. The van der Waals surface area contributed by atoms with Crippen molar-refractivity contribution in [1.82, 2.24) is 4.90 Å². The maximum atomic E-state index is 13.7. The lowest BCUT2D eigenvalue weighted by atomic mass is 9.84. The van der Waals surface area contributed by atoms with E-state index in [4.69, 9.17) is 4.74 Å². The molecule has 0 spiro atoms. The zero-order chi connectivity index (χ0) is 21.6. The summed E-state index contributed by atoms with van der Waals surface area (Å²) in [7, 11) is 1.98. The SMILES string of the molecule is C[C@H](Cc1ccccc1)N(C)C(=O)[C@H](CC1CCOCC1)c1ccc(SC2CC2)cc1. The molecule has 3 nitrogen and oxygen atoms in total. The highest BCUT2D eigenvalue weighted by molar-refractivity contribution is 8.00. The number of hydrogen-bond acceptors (Lipinski definition) is 3. The number of thioether (sulfide) groups is 1. The average Bonchev–Trinajstić information content (AvgIpc) is 3.62. The van der Waals surface area contributed by atoms with Crippen molar-refractivity contribution in [2.75, 3.05) is 20.3 Å². The molecule has 2 aliphatic rings. The number of carbonyl (C=O) groups excluding carboxylic acids is 1. The van der Waals surface area contributed by atoms with Crippen molar-refractivity contribution in [3.63, 3.8) is 0 Å². The Kier molecular flexibility index (Phi) is 7.73. The molecule has 0 N–H and O–H groups in total. The van der Waals surface area contributed by atoms with Gasteiger partial charge in [-0.3, -0.25) is 4.79 Å². The molecule has 4 heteroatoms. The Labute approximate surface area is 191 Å². The Morgan fingerprint density at radius 3 is 2.35 bits per heavy atom. The van der Waals surface area contributed by atoms with Crippen LogP contribution in [0.3, 0.4) is 0 Å². The van der Waals surface area contributed by atoms with Crippen LogP contribution < -0.4 is 0 Å². The van der Waals surface area contributed by atoms with Crippen molar-refractivity contribution >= 4 is 17.7 Å². The lowest BCUT2D eigenvalue weighted by Crippen LogP contribution is -2.40. The van der Waals surface area contributed by atoms with E-state index in [0.29, 0.717) is 5.92 Å². The molecule has 1 saturated heterocycles. The summed E-state index contributed by atoms with van der Waals surface area (Å²) in [6.07, 6.45) is 6.58. The first-order chi connectivity index (χ1) is 15.1. The highest BCUT2D eigenvalue weighted by Gasteiger charge is 2.30. The molecule has 2 aromatic rings. The van der Waals surface area contributed by atoms with E-state index in [0.717, 1.165) is 49.7 Å². The van der Waals surface area contributed by atoms with Gasteiger partial charge in [0.2, 0.25) is 5.91 Å². The maximum absolute atomic E-state index is 13.7. The van der Waals surface area contributed by atoms with E-state index in [1.54, 1.807) is 0 Å². The first kappa shape index (κ1) is 22.4. The zero-order valence-electron chi connectivity index (χ0n) is 18.8. The van der Waals surface area contributed by atoms with E-state index < -0.39 is 0 Å². The highest BCUT2D eigenvalue weighted by atomic mass is 32.2. The van der Waals surface area contributed by atoms with E-state index in [1.807, 2.05) is 29.8 Å². The fourth-order valence-corrected chi connectivity index (χ4v) is 5.46. The Balaban J connectivity index is 1.48. The van der Waals surface area contributed by atoms with Crippen LogP contribution >= 0.6 is 11.8 Å². The van der Waals surface area contributed by atoms with Crippen molar-refractivity contribution in [2.45, 2.75) is 67.6 Å². The molecule has 31 heavy (non-hydrogen) atoms. The predicted octanol–water partition coefficient (Wildman–Crippen LogP) is 5.93. The molecule has 1 aliphatic carbocycles. The maximum Gasteiger partial charge on any atom is 0.230 e. The van der Waals surface area contributed by atoms with E-state index >= 15 is 0 Å². The Bertz CT molecular complexity index is 828. The minimum absolute atomic E-state index is 0.0775. The monoisotopic (exact) mass is 437 g/mol. The van der Waals surface area contributed by atoms with Gasteiger partial charge in [0.1, 0.15) is 0 Å². The molecule has 4 rings (SSSR count). The molecule has 1 saturated carbocycles. The number of nitrogens with zero attached hydrogens (tertiary/aromatic N) is 1. The van der Waals surface area contributed by atoms with Crippen LogP contribution in [0.5, 0.6) is 0 Å². The summed E-state index contributed by atoms with van der Waals surface area (Å²) < 4.78 is 5.56. The summed E-state index contributed by atoms with van der Waals surface area (Å²) in [5.74, 6) is 0.727. The molecule has 0 aromatic heterocycles. The first-order valence-electron chi connectivity index (χ1n) is 11.7. The molecule has 1 amide bonds. The summed E-state index contributed by atoms with van der Waals surface area (Å²) in [6.45, 7) is 3.80. The summed E-state index contributed by atoms with van der Waals surface area (Å²) in [5, 5.41) is 0.801. The Morgan fingerprint density at radius 1 is 1.03 bits per heavy atom. The van der Waals surface area contributed by atoms with E-state index in [-0.39, 0.29) is 17.9 Å². The molecule has 0 unspecified atom stereocenters. The van der Waals surface area contributed by atoms with Crippen LogP contribution in [0.4, 0.5) is 0 Å². The van der Waals surface area contributed by atoms with Gasteiger partial charge in [-0.05, 0) is 74.6 Å². The number of hydrogen-bond donors (Lipinski definition) is 0. The van der Waals surface area contributed by atoms with Gasteiger partial charge in [-0.1, -0.05) is 42.5 Å². The topological polar surface area (TPSA) is 29.5 Å². The van der Waals surface area contributed by atoms with Crippen LogP contribution in [0.1, 0.15) is 56.1 Å². The smallest absolute Gasteiger partial charge is 0.230 e. The van der Waals surface area contributed by atoms with Gasteiger partial charge < -0.3 is 9.64 Å². The van der Waals surface area contributed by atoms with Crippen molar-refractivity contribution < 1.29 is 9.53 Å². The lowest BCUT2D eigenvalue weighted by molar-refractivity contribution is -0.134. The van der Waals surface area contributed by atoms with E-state index in [9.17, 15) is 4.79 Å². The van der Waals surface area contributed by atoms with Gasteiger partial charge in [-0.15, -0.1) is 11.8 Å². The van der Waals surface area contributed by atoms with Gasteiger partial charge in [-0.25, -0.2) is 0 Å². The van der Waals surface area contributed by atoms with Crippen LogP contribution in [0.2, 0.25) is 0 Å². The molecule has 2 aromatic carbocycles. The molecule has 0 radical (unpaired) electrons. The highest BCUT2D eigenvalue weighted by Crippen LogP contribution is 2.40. The minimum Gasteiger partial charge on any atom is -0.381 e. The summed E-state index contributed by atoms with van der Waals surface area (Å²) in [6, 6.07) is 19.5. The Hall–Kier alpha value is -1.78. The van der Waals surface area contributed by atoms with E-state index in [2.05, 4.69) is 55.5 Å². The largest absolute Gasteiger partial charge is 0.381 e. The van der Waals surface area contributed by atoms with E-state index in [1.165, 1.54) is 23.3 Å². The summed E-state index contributed by atoms with van der Waals surface area (Å²) in [5.41, 5.74) is 2.44. The van der Waals surface area contributed by atoms with Gasteiger partial charge in [0, 0.05) is 36.4 Å². The first-order valence-corrected chi connectivity index (χ1v) is 12.6. The van der Waals surface area contributed by atoms with Crippen LogP contribution in [0.25, 0.3) is 0 Å². The number of rotatable bonds is 9. The van der Waals surface area contributed by atoms with Crippen molar-refractivity contribution in [1.29, 1.82) is 0 Å². The molecular formula is C27H35NO2S. The standard InChI is InChI=1S/C27H35NO2S/c1-20(18-21-6-4-3-5-7-21)28(2)27(29)26(19-22-14-16-30-17-15-22)23-8-10-24(11-9-23)31-25-12-13-25/h3-11,20,22,25-26H,12-19H2,1-2H3/t20-,26-/m1/s1. The molecule has 1 heterocycles. The lowest BCUT2D eigenvalue weighted by Gasteiger charge is -2.32. The quantitative estimate of drug-likeness (QED) is 0.487. The second-order valence-corrected chi connectivity index (χ2v) is 10.6. The van der Waals surface area contributed by atoms with Crippen LogP contribution in [-0.4, -0.2) is 42.4 Å². The summed E-state index contributed by atoms with van der Waals surface area (Å²) >= 11 is 1.97.